The van der Waals surface area contributed by atoms with Gasteiger partial charge in [0.2, 0.25) is 0 Å². The van der Waals surface area contributed by atoms with E-state index in [1.54, 1.807) is 24.3 Å². The molecule has 4 N–H and O–H groups in total. The van der Waals surface area contributed by atoms with Crippen LogP contribution in [-0.2, 0) is 4.79 Å². The van der Waals surface area contributed by atoms with E-state index in [9.17, 15) is 9.59 Å². The molecular formula is C19H15ClN4O2. The lowest BCUT2D eigenvalue weighted by atomic mass is 10.1. The molecule has 0 bridgehead atoms. The molecule has 0 fully saturated rings. The van der Waals surface area contributed by atoms with Crippen LogP contribution in [0.4, 0.5) is 5.69 Å². The Kier molecular flexibility index (Phi) is 5.15. The average Bonchev–Trinajstić information content (AvgIpc) is 2.66. The first-order valence-electron chi connectivity index (χ1n) is 7.72. The number of hydrogen-bond acceptors (Lipinski definition) is 4. The summed E-state index contributed by atoms with van der Waals surface area (Å²) in [4.78, 5) is 28.3. The molecule has 0 saturated heterocycles. The zero-order chi connectivity index (χ0) is 18.5. The minimum atomic E-state index is -0.571. The predicted octanol–water partition coefficient (Wildman–Crippen LogP) is 2.94. The van der Waals surface area contributed by atoms with Crippen LogP contribution in [0.1, 0.15) is 15.9 Å². The van der Waals surface area contributed by atoms with E-state index < -0.39 is 11.8 Å². The number of amides is 2. The molecule has 1 heterocycles. The number of rotatable bonds is 3. The summed E-state index contributed by atoms with van der Waals surface area (Å²) in [5.74, 6) is -1.05. The van der Waals surface area contributed by atoms with Crippen LogP contribution in [0, 0.1) is 0 Å². The number of anilines is 1. The number of nitrogen functional groups attached to an aromatic ring is 1. The van der Waals surface area contributed by atoms with Gasteiger partial charge in [-0.05, 0) is 29.8 Å². The summed E-state index contributed by atoms with van der Waals surface area (Å²) in [7, 11) is 0. The first kappa shape index (κ1) is 17.4. The van der Waals surface area contributed by atoms with Crippen LogP contribution in [0.3, 0.4) is 0 Å². The van der Waals surface area contributed by atoms with E-state index in [-0.39, 0.29) is 11.3 Å². The fourth-order valence-corrected chi connectivity index (χ4v) is 2.50. The highest BCUT2D eigenvalue weighted by Crippen LogP contribution is 2.25. The van der Waals surface area contributed by atoms with Crippen molar-refractivity contribution in [2.75, 3.05) is 5.73 Å². The van der Waals surface area contributed by atoms with Crippen molar-refractivity contribution in [3.8, 4) is 0 Å². The van der Waals surface area contributed by atoms with Crippen molar-refractivity contribution >= 4 is 46.1 Å². The van der Waals surface area contributed by atoms with Crippen LogP contribution in [0.25, 0.3) is 17.0 Å². The van der Waals surface area contributed by atoms with Gasteiger partial charge in [-0.15, -0.1) is 0 Å². The SMILES string of the molecule is Nc1c(C(=O)NNC(=O)/C=C/c2ccccc2)cnc2ccc(Cl)cc12. The number of carbonyl (C=O) groups is 2. The number of halogens is 1. The van der Waals surface area contributed by atoms with Gasteiger partial charge in [0.15, 0.2) is 0 Å². The van der Waals surface area contributed by atoms with Crippen molar-refractivity contribution in [3.05, 3.63) is 77.0 Å². The fourth-order valence-electron chi connectivity index (χ4n) is 2.33. The molecule has 2 amide bonds. The Bertz CT molecular complexity index is 1000. The summed E-state index contributed by atoms with van der Waals surface area (Å²) in [5.41, 5.74) is 12.5. The highest BCUT2D eigenvalue weighted by Gasteiger charge is 2.14. The third-order valence-electron chi connectivity index (χ3n) is 3.64. The number of pyridine rings is 1. The zero-order valence-corrected chi connectivity index (χ0v) is 14.3. The number of nitrogens with one attached hydrogen (secondary N) is 2. The molecule has 2 aromatic carbocycles. The third kappa shape index (κ3) is 3.99. The lowest BCUT2D eigenvalue weighted by molar-refractivity contribution is -0.117. The van der Waals surface area contributed by atoms with Crippen molar-refractivity contribution in [1.82, 2.24) is 15.8 Å². The number of benzene rings is 2. The second kappa shape index (κ2) is 7.67. The summed E-state index contributed by atoms with van der Waals surface area (Å²) in [6.07, 6.45) is 4.31. The molecule has 0 spiro atoms. The molecule has 7 heteroatoms. The fraction of sp³-hybridized carbons (Fsp3) is 0. The van der Waals surface area contributed by atoms with Gasteiger partial charge < -0.3 is 5.73 Å². The van der Waals surface area contributed by atoms with Crippen molar-refractivity contribution < 1.29 is 9.59 Å². The lowest BCUT2D eigenvalue weighted by Gasteiger charge is -2.09. The van der Waals surface area contributed by atoms with Crippen molar-refractivity contribution in [3.63, 3.8) is 0 Å². The summed E-state index contributed by atoms with van der Waals surface area (Å²) in [6, 6.07) is 14.4. The first-order chi connectivity index (χ1) is 12.5. The average molecular weight is 367 g/mol. The van der Waals surface area contributed by atoms with E-state index in [2.05, 4.69) is 15.8 Å². The maximum absolute atomic E-state index is 12.3. The summed E-state index contributed by atoms with van der Waals surface area (Å²) < 4.78 is 0. The largest absolute Gasteiger partial charge is 0.397 e. The van der Waals surface area contributed by atoms with Crippen molar-refractivity contribution in [2.45, 2.75) is 0 Å². The molecule has 3 aromatic rings. The molecule has 0 aliphatic carbocycles. The Labute approximate surface area is 154 Å². The van der Waals surface area contributed by atoms with Gasteiger partial charge in [-0.1, -0.05) is 41.9 Å². The van der Waals surface area contributed by atoms with Crippen LogP contribution in [0.15, 0.2) is 60.8 Å². The molecule has 1 aromatic heterocycles. The number of aromatic nitrogens is 1. The maximum Gasteiger partial charge on any atom is 0.273 e. The molecule has 26 heavy (non-hydrogen) atoms. The highest BCUT2D eigenvalue weighted by atomic mass is 35.5. The van der Waals surface area contributed by atoms with Crippen molar-refractivity contribution in [1.29, 1.82) is 0 Å². The lowest BCUT2D eigenvalue weighted by Crippen LogP contribution is -2.41. The number of nitrogens with zero attached hydrogens (tertiary/aromatic N) is 1. The topological polar surface area (TPSA) is 97.1 Å². The molecule has 6 nitrogen and oxygen atoms in total. The van der Waals surface area contributed by atoms with Crippen LogP contribution >= 0.6 is 11.6 Å². The Morgan fingerprint density at radius 3 is 2.62 bits per heavy atom. The van der Waals surface area contributed by atoms with Crippen LogP contribution in [0.5, 0.6) is 0 Å². The van der Waals surface area contributed by atoms with Gasteiger partial charge in [-0.2, -0.15) is 0 Å². The normalized spacial score (nSPS) is 10.8. The minimum Gasteiger partial charge on any atom is -0.397 e. The Balaban J connectivity index is 1.68. The molecule has 0 radical (unpaired) electrons. The van der Waals surface area contributed by atoms with Crippen LogP contribution in [0.2, 0.25) is 5.02 Å². The monoisotopic (exact) mass is 366 g/mol. The summed E-state index contributed by atoms with van der Waals surface area (Å²) >= 11 is 5.96. The second-order valence-corrected chi connectivity index (χ2v) is 5.87. The Morgan fingerprint density at radius 1 is 1.08 bits per heavy atom. The molecular weight excluding hydrogens is 352 g/mol. The second-order valence-electron chi connectivity index (χ2n) is 5.43. The van der Waals surface area contributed by atoms with Gasteiger partial charge in [0.05, 0.1) is 16.8 Å². The number of carbonyl (C=O) groups excluding carboxylic acids is 2. The quantitative estimate of drug-likeness (QED) is 0.490. The van der Waals surface area contributed by atoms with Crippen LogP contribution in [-0.4, -0.2) is 16.8 Å². The van der Waals surface area contributed by atoms with Gasteiger partial charge in [0, 0.05) is 22.7 Å². The van der Waals surface area contributed by atoms with Gasteiger partial charge in [0.25, 0.3) is 11.8 Å². The molecule has 0 unspecified atom stereocenters. The van der Waals surface area contributed by atoms with E-state index in [1.807, 2.05) is 30.3 Å². The van der Waals surface area contributed by atoms with Gasteiger partial charge in [-0.25, -0.2) is 0 Å². The first-order valence-corrected chi connectivity index (χ1v) is 8.09. The van der Waals surface area contributed by atoms with E-state index >= 15 is 0 Å². The van der Waals surface area contributed by atoms with E-state index in [0.29, 0.717) is 15.9 Å². The Morgan fingerprint density at radius 2 is 1.85 bits per heavy atom. The Hall–Kier alpha value is -3.38. The summed E-state index contributed by atoms with van der Waals surface area (Å²) in [6.45, 7) is 0. The molecule has 0 atom stereocenters. The number of hydrogen-bond donors (Lipinski definition) is 3. The van der Waals surface area contributed by atoms with Gasteiger partial charge in [-0.3, -0.25) is 25.4 Å². The molecule has 0 saturated carbocycles. The smallest absolute Gasteiger partial charge is 0.273 e. The van der Waals surface area contributed by atoms with E-state index in [0.717, 1.165) is 5.56 Å². The molecule has 0 aliphatic heterocycles. The number of hydrazine groups is 1. The highest BCUT2D eigenvalue weighted by molar-refractivity contribution is 6.31. The number of nitrogens with two attached hydrogens (primary N) is 1. The molecule has 130 valence electrons. The van der Waals surface area contributed by atoms with Crippen molar-refractivity contribution in [2.24, 2.45) is 0 Å². The van der Waals surface area contributed by atoms with E-state index in [4.69, 9.17) is 17.3 Å². The molecule has 3 rings (SSSR count). The van der Waals surface area contributed by atoms with E-state index in [1.165, 1.54) is 12.3 Å². The zero-order valence-electron chi connectivity index (χ0n) is 13.6. The van der Waals surface area contributed by atoms with Crippen LogP contribution < -0.4 is 16.6 Å². The summed E-state index contributed by atoms with van der Waals surface area (Å²) in [5, 5.41) is 1.06. The van der Waals surface area contributed by atoms with Gasteiger partial charge in [0.1, 0.15) is 0 Å². The standard InChI is InChI=1S/C19H15ClN4O2/c20-13-7-8-16-14(10-13)18(21)15(11-22-16)19(26)24-23-17(25)9-6-12-4-2-1-3-5-12/h1-11H,(H2,21,22)(H,23,25)(H,24,26)/b9-6+. The predicted molar refractivity (Wildman–Crippen MR) is 102 cm³/mol. The molecule has 0 aliphatic rings. The van der Waals surface area contributed by atoms with Gasteiger partial charge >= 0.3 is 0 Å². The minimum absolute atomic E-state index is 0.145. The third-order valence-corrected chi connectivity index (χ3v) is 3.88. The maximum atomic E-state index is 12.3. The number of fused-ring (bicyclic) bond motifs is 1.